The van der Waals surface area contributed by atoms with Crippen molar-refractivity contribution in [2.45, 2.75) is 26.3 Å². The molecule has 2 aromatic carbocycles. The third-order valence-electron chi connectivity index (χ3n) is 4.24. The lowest BCUT2D eigenvalue weighted by molar-refractivity contribution is -0.116. The van der Waals surface area contributed by atoms with Gasteiger partial charge in [0.15, 0.2) is 0 Å². The maximum absolute atomic E-state index is 12.6. The molecule has 0 radical (unpaired) electrons. The molecule has 7 nitrogen and oxygen atoms in total. The summed E-state index contributed by atoms with van der Waals surface area (Å²) in [5, 5.41) is 3.14. The van der Waals surface area contributed by atoms with Gasteiger partial charge in [-0.1, -0.05) is 29.3 Å². The van der Waals surface area contributed by atoms with Crippen LogP contribution in [0.25, 0.3) is 10.9 Å². The topological polar surface area (TPSA) is 90.3 Å². The lowest BCUT2D eigenvalue weighted by Gasteiger charge is -2.09. The number of rotatable bonds is 7. The van der Waals surface area contributed by atoms with E-state index in [1.54, 1.807) is 42.5 Å². The highest BCUT2D eigenvalue weighted by molar-refractivity contribution is 9.10. The van der Waals surface area contributed by atoms with Gasteiger partial charge < -0.3 is 10.1 Å². The van der Waals surface area contributed by atoms with Crippen LogP contribution < -0.4 is 10.9 Å². The largest absolute Gasteiger partial charge is 0.462 e. The number of amides is 1. The Morgan fingerprint density at radius 3 is 2.66 bits per heavy atom. The summed E-state index contributed by atoms with van der Waals surface area (Å²) in [5.41, 5.74) is 1.21. The van der Waals surface area contributed by atoms with Crippen LogP contribution >= 0.6 is 15.9 Å². The van der Waals surface area contributed by atoms with Crippen LogP contribution in [0.4, 0.5) is 5.69 Å². The number of aromatic nitrogens is 2. The number of ether oxygens (including phenoxy) is 1. The Kier molecular flexibility index (Phi) is 6.77. The van der Waals surface area contributed by atoms with Crippen molar-refractivity contribution in [3.8, 4) is 0 Å². The van der Waals surface area contributed by atoms with Gasteiger partial charge in [0.05, 0.1) is 29.4 Å². The first-order valence-electron chi connectivity index (χ1n) is 9.19. The van der Waals surface area contributed by atoms with Gasteiger partial charge in [-0.2, -0.15) is 0 Å². The maximum atomic E-state index is 12.6. The number of anilines is 1. The zero-order valence-electron chi connectivity index (χ0n) is 15.9. The first kappa shape index (κ1) is 20.7. The van der Waals surface area contributed by atoms with Crippen LogP contribution in [0, 0.1) is 0 Å². The van der Waals surface area contributed by atoms with E-state index >= 15 is 0 Å². The third kappa shape index (κ3) is 5.29. The number of carbonyl (C=O) groups excluding carboxylic acids is 2. The summed E-state index contributed by atoms with van der Waals surface area (Å²) < 4.78 is 7.17. The second kappa shape index (κ2) is 9.47. The van der Waals surface area contributed by atoms with Crippen molar-refractivity contribution in [1.82, 2.24) is 9.55 Å². The minimum atomic E-state index is -0.392. The first-order chi connectivity index (χ1) is 14.0. The number of nitrogens with one attached hydrogen (secondary N) is 1. The number of unbranched alkanes of at least 4 members (excludes halogenated alkanes) is 1. The van der Waals surface area contributed by atoms with E-state index in [1.807, 2.05) is 6.92 Å². The monoisotopic (exact) mass is 457 g/mol. The quantitative estimate of drug-likeness (QED) is 0.430. The molecule has 1 aromatic heterocycles. The molecule has 0 bridgehead atoms. The van der Waals surface area contributed by atoms with E-state index in [9.17, 15) is 14.4 Å². The Balaban J connectivity index is 1.65. The summed E-state index contributed by atoms with van der Waals surface area (Å²) in [5.74, 6) is -0.766. The fraction of sp³-hybridized carbons (Fsp3) is 0.238. The van der Waals surface area contributed by atoms with E-state index in [4.69, 9.17) is 4.74 Å². The minimum absolute atomic E-state index is 0.172. The molecule has 0 atom stereocenters. The van der Waals surface area contributed by atoms with E-state index < -0.39 is 5.97 Å². The summed E-state index contributed by atoms with van der Waals surface area (Å²) >= 11 is 3.33. The van der Waals surface area contributed by atoms with Crippen molar-refractivity contribution in [3.63, 3.8) is 0 Å². The van der Waals surface area contributed by atoms with Crippen molar-refractivity contribution in [2.24, 2.45) is 0 Å². The molecule has 150 valence electrons. The summed E-state index contributed by atoms with van der Waals surface area (Å²) in [4.78, 5) is 41.0. The predicted molar refractivity (Wildman–Crippen MR) is 114 cm³/mol. The van der Waals surface area contributed by atoms with E-state index in [1.165, 1.54) is 10.9 Å². The summed E-state index contributed by atoms with van der Waals surface area (Å²) in [6.45, 7) is 2.24. The summed E-state index contributed by atoms with van der Waals surface area (Å²) in [7, 11) is 0. The van der Waals surface area contributed by atoms with Gasteiger partial charge in [-0.25, -0.2) is 9.78 Å². The standard InChI is InChI=1S/C21H20BrN3O4/c1-2-3-10-29-21(28)14-4-7-16(8-5-14)24-19(26)12-25-13-23-18-9-6-15(22)11-17(18)20(25)27/h4-9,11,13H,2-3,10,12H2,1H3,(H,24,26). The number of halogens is 1. The molecule has 0 aliphatic heterocycles. The van der Waals surface area contributed by atoms with Crippen molar-refractivity contribution in [1.29, 1.82) is 0 Å². The van der Waals surface area contributed by atoms with Crippen molar-refractivity contribution >= 4 is 44.4 Å². The average molecular weight is 458 g/mol. The number of esters is 1. The zero-order valence-corrected chi connectivity index (χ0v) is 17.4. The molecule has 0 fully saturated rings. The number of carbonyl (C=O) groups is 2. The Labute approximate surface area is 175 Å². The molecular weight excluding hydrogens is 438 g/mol. The molecule has 1 heterocycles. The number of fused-ring (bicyclic) bond motifs is 1. The predicted octanol–water partition coefficient (Wildman–Crippen LogP) is 3.75. The highest BCUT2D eigenvalue weighted by atomic mass is 79.9. The minimum Gasteiger partial charge on any atom is -0.462 e. The normalized spacial score (nSPS) is 10.7. The number of nitrogens with zero attached hydrogens (tertiary/aromatic N) is 2. The van der Waals surface area contributed by atoms with Crippen LogP contribution in [-0.2, 0) is 16.1 Å². The van der Waals surface area contributed by atoms with Gasteiger partial charge in [0.2, 0.25) is 5.91 Å². The van der Waals surface area contributed by atoms with Crippen LogP contribution in [0.5, 0.6) is 0 Å². The molecule has 29 heavy (non-hydrogen) atoms. The smallest absolute Gasteiger partial charge is 0.338 e. The van der Waals surface area contributed by atoms with Crippen molar-refractivity contribution < 1.29 is 14.3 Å². The second-order valence-electron chi connectivity index (χ2n) is 6.45. The van der Waals surface area contributed by atoms with Gasteiger partial charge in [-0.3, -0.25) is 14.2 Å². The van der Waals surface area contributed by atoms with E-state index in [2.05, 4.69) is 26.2 Å². The molecular formula is C21H20BrN3O4. The molecule has 1 N–H and O–H groups in total. The lowest BCUT2D eigenvalue weighted by atomic mass is 10.2. The van der Waals surface area contributed by atoms with Gasteiger partial charge in [-0.05, 0) is 48.9 Å². The Morgan fingerprint density at radius 1 is 1.17 bits per heavy atom. The number of benzene rings is 2. The molecule has 3 aromatic rings. The first-order valence-corrected chi connectivity index (χ1v) is 9.99. The van der Waals surface area contributed by atoms with Crippen LogP contribution in [0.2, 0.25) is 0 Å². The van der Waals surface area contributed by atoms with E-state index in [-0.39, 0.29) is 18.0 Å². The highest BCUT2D eigenvalue weighted by Crippen LogP contribution is 2.15. The molecule has 0 saturated carbocycles. The molecule has 0 aliphatic carbocycles. The molecule has 0 saturated heterocycles. The van der Waals surface area contributed by atoms with Crippen LogP contribution in [0.3, 0.4) is 0 Å². The van der Waals surface area contributed by atoms with Gasteiger partial charge in [0, 0.05) is 10.2 Å². The molecule has 8 heteroatoms. The Bertz CT molecular complexity index is 1090. The maximum Gasteiger partial charge on any atom is 0.338 e. The molecule has 1 amide bonds. The van der Waals surface area contributed by atoms with Crippen LogP contribution in [0.15, 0.2) is 58.1 Å². The van der Waals surface area contributed by atoms with Gasteiger partial charge in [-0.15, -0.1) is 0 Å². The lowest BCUT2D eigenvalue weighted by Crippen LogP contribution is -2.27. The van der Waals surface area contributed by atoms with Crippen LogP contribution in [-0.4, -0.2) is 28.0 Å². The molecule has 0 aliphatic rings. The zero-order chi connectivity index (χ0) is 20.8. The average Bonchev–Trinajstić information content (AvgIpc) is 2.71. The number of hydrogen-bond acceptors (Lipinski definition) is 5. The molecule has 0 unspecified atom stereocenters. The molecule has 3 rings (SSSR count). The summed E-state index contributed by atoms with van der Waals surface area (Å²) in [6.07, 6.45) is 3.12. The fourth-order valence-electron chi connectivity index (χ4n) is 2.68. The van der Waals surface area contributed by atoms with Crippen molar-refractivity contribution in [3.05, 3.63) is 69.2 Å². The fourth-order valence-corrected chi connectivity index (χ4v) is 3.04. The summed E-state index contributed by atoms with van der Waals surface area (Å²) in [6, 6.07) is 11.6. The molecule has 0 spiro atoms. The van der Waals surface area contributed by atoms with Gasteiger partial charge in [0.1, 0.15) is 6.54 Å². The SMILES string of the molecule is CCCCOC(=O)c1ccc(NC(=O)Cn2cnc3ccc(Br)cc3c2=O)cc1. The van der Waals surface area contributed by atoms with E-state index in [0.717, 1.165) is 17.3 Å². The third-order valence-corrected chi connectivity index (χ3v) is 4.73. The second-order valence-corrected chi connectivity index (χ2v) is 7.37. The Morgan fingerprint density at radius 2 is 1.93 bits per heavy atom. The highest BCUT2D eigenvalue weighted by Gasteiger charge is 2.10. The van der Waals surface area contributed by atoms with E-state index in [0.29, 0.717) is 28.8 Å². The number of hydrogen-bond donors (Lipinski definition) is 1. The van der Waals surface area contributed by atoms with Crippen LogP contribution in [0.1, 0.15) is 30.1 Å². The van der Waals surface area contributed by atoms with Gasteiger partial charge >= 0.3 is 5.97 Å². The Hall–Kier alpha value is -3.00. The van der Waals surface area contributed by atoms with Crippen molar-refractivity contribution in [2.75, 3.05) is 11.9 Å². The van der Waals surface area contributed by atoms with Gasteiger partial charge in [0.25, 0.3) is 5.56 Å².